The molecule has 24 heavy (non-hydrogen) atoms. The fourth-order valence-corrected chi connectivity index (χ4v) is 2.76. The number of benzene rings is 1. The van der Waals surface area contributed by atoms with Gasteiger partial charge in [-0.25, -0.2) is 0 Å². The molecule has 0 bridgehead atoms. The van der Waals surface area contributed by atoms with Crippen LogP contribution in [0, 0.1) is 5.92 Å². The largest absolute Gasteiger partial charge is 0.385 e. The minimum absolute atomic E-state index is 0.122. The van der Waals surface area contributed by atoms with E-state index in [9.17, 15) is 4.79 Å². The monoisotopic (exact) mass is 332 g/mol. The summed E-state index contributed by atoms with van der Waals surface area (Å²) in [4.78, 5) is 16.5. The summed E-state index contributed by atoms with van der Waals surface area (Å²) in [6, 6.07) is 8.53. The Morgan fingerprint density at radius 3 is 2.38 bits per heavy atom. The van der Waals surface area contributed by atoms with Crippen LogP contribution in [0.25, 0.3) is 0 Å². The number of nitrogens with zero attached hydrogens (tertiary/aromatic N) is 2. The van der Waals surface area contributed by atoms with Crippen LogP contribution in [0.15, 0.2) is 24.3 Å². The predicted octanol–water partition coefficient (Wildman–Crippen LogP) is 2.40. The van der Waals surface area contributed by atoms with Crippen LogP contribution >= 0.6 is 0 Å². The molecule has 1 heterocycles. The van der Waals surface area contributed by atoms with Gasteiger partial charge in [-0.05, 0) is 43.7 Å². The third-order valence-electron chi connectivity index (χ3n) is 4.46. The molecular formula is C19H32N4O. The van der Waals surface area contributed by atoms with Crippen molar-refractivity contribution in [2.45, 2.75) is 26.7 Å². The maximum absolute atomic E-state index is 11.7. The van der Waals surface area contributed by atoms with E-state index in [1.54, 1.807) is 0 Å². The molecule has 5 heteroatoms. The highest BCUT2D eigenvalue weighted by molar-refractivity contribution is 5.76. The van der Waals surface area contributed by atoms with Crippen molar-refractivity contribution in [3.63, 3.8) is 0 Å². The molecule has 2 N–H and O–H groups in total. The quantitative estimate of drug-likeness (QED) is 0.767. The summed E-state index contributed by atoms with van der Waals surface area (Å²) in [5.74, 6) is 0.749. The lowest BCUT2D eigenvalue weighted by Gasteiger charge is -2.34. The van der Waals surface area contributed by atoms with E-state index in [1.807, 2.05) is 0 Å². The van der Waals surface area contributed by atoms with Crippen LogP contribution in [0.3, 0.4) is 0 Å². The number of piperazine rings is 1. The number of nitrogens with one attached hydrogen (secondary N) is 2. The molecule has 5 nitrogen and oxygen atoms in total. The topological polar surface area (TPSA) is 47.6 Å². The Hall–Kier alpha value is -1.75. The van der Waals surface area contributed by atoms with Crippen molar-refractivity contribution >= 4 is 17.3 Å². The Bertz CT molecular complexity index is 493. The summed E-state index contributed by atoms with van der Waals surface area (Å²) >= 11 is 0. The number of amides is 1. The van der Waals surface area contributed by atoms with Gasteiger partial charge in [-0.15, -0.1) is 0 Å². The molecule has 0 saturated carbocycles. The number of carbonyl (C=O) groups is 1. The van der Waals surface area contributed by atoms with Crippen LogP contribution < -0.4 is 15.5 Å². The maximum Gasteiger partial charge on any atom is 0.221 e. The van der Waals surface area contributed by atoms with Gasteiger partial charge >= 0.3 is 0 Å². The van der Waals surface area contributed by atoms with Crippen molar-refractivity contribution in [1.29, 1.82) is 0 Å². The van der Waals surface area contributed by atoms with E-state index in [0.717, 1.165) is 44.8 Å². The number of rotatable bonds is 8. The van der Waals surface area contributed by atoms with Gasteiger partial charge in [-0.2, -0.15) is 0 Å². The smallest absolute Gasteiger partial charge is 0.221 e. The first-order valence-electron chi connectivity index (χ1n) is 9.08. The molecule has 134 valence electrons. The highest BCUT2D eigenvalue weighted by Gasteiger charge is 2.13. The van der Waals surface area contributed by atoms with Gasteiger partial charge in [0, 0.05) is 57.1 Å². The fourth-order valence-electron chi connectivity index (χ4n) is 2.76. The fraction of sp³-hybridized carbons (Fsp3) is 0.632. The minimum Gasteiger partial charge on any atom is -0.385 e. The number of anilines is 2. The molecule has 1 aromatic rings. The first-order chi connectivity index (χ1) is 11.5. The summed E-state index contributed by atoms with van der Waals surface area (Å²) in [7, 11) is 2.17. The van der Waals surface area contributed by atoms with E-state index in [1.165, 1.54) is 5.69 Å². The Labute approximate surface area is 146 Å². The van der Waals surface area contributed by atoms with E-state index in [-0.39, 0.29) is 5.91 Å². The minimum atomic E-state index is 0.122. The van der Waals surface area contributed by atoms with Crippen molar-refractivity contribution in [2.24, 2.45) is 5.92 Å². The Morgan fingerprint density at radius 2 is 1.75 bits per heavy atom. The predicted molar refractivity (Wildman–Crippen MR) is 102 cm³/mol. The molecule has 0 atom stereocenters. The molecule has 0 aliphatic carbocycles. The van der Waals surface area contributed by atoms with Crippen molar-refractivity contribution in [3.05, 3.63) is 24.3 Å². The van der Waals surface area contributed by atoms with Crippen LogP contribution in [0.4, 0.5) is 11.4 Å². The zero-order chi connectivity index (χ0) is 17.4. The molecule has 1 fully saturated rings. The maximum atomic E-state index is 11.7. The van der Waals surface area contributed by atoms with E-state index >= 15 is 0 Å². The summed E-state index contributed by atoms with van der Waals surface area (Å²) in [6.45, 7) is 10.2. The van der Waals surface area contributed by atoms with Crippen LogP contribution in [-0.2, 0) is 4.79 Å². The van der Waals surface area contributed by atoms with Gasteiger partial charge in [0.05, 0.1) is 0 Å². The zero-order valence-electron chi connectivity index (χ0n) is 15.3. The SMILES string of the molecule is CC(C)CCNC(=O)CCNc1ccc(N2CCN(C)CC2)cc1. The van der Waals surface area contributed by atoms with Crippen LogP contribution in [0.2, 0.25) is 0 Å². The Kier molecular flexibility index (Phi) is 7.37. The first kappa shape index (κ1) is 18.6. The lowest BCUT2D eigenvalue weighted by Crippen LogP contribution is -2.44. The van der Waals surface area contributed by atoms with Gasteiger partial charge in [0.25, 0.3) is 0 Å². The van der Waals surface area contributed by atoms with Crippen molar-refractivity contribution < 1.29 is 4.79 Å². The van der Waals surface area contributed by atoms with Crippen LogP contribution in [0.1, 0.15) is 26.7 Å². The molecule has 1 aromatic carbocycles. The molecule has 0 aromatic heterocycles. The molecule has 0 unspecified atom stereocenters. The standard InChI is InChI=1S/C19H32N4O/c1-16(2)8-10-21-19(24)9-11-20-17-4-6-18(7-5-17)23-14-12-22(3)13-15-23/h4-7,16,20H,8-15H2,1-3H3,(H,21,24). The second kappa shape index (κ2) is 9.52. The van der Waals surface area contributed by atoms with Gasteiger partial charge in [0.2, 0.25) is 5.91 Å². The molecular weight excluding hydrogens is 300 g/mol. The number of carbonyl (C=O) groups excluding carboxylic acids is 1. The molecule has 2 rings (SSSR count). The average Bonchev–Trinajstić information content (AvgIpc) is 2.56. The first-order valence-corrected chi connectivity index (χ1v) is 9.08. The van der Waals surface area contributed by atoms with E-state index in [2.05, 4.69) is 65.6 Å². The third-order valence-corrected chi connectivity index (χ3v) is 4.46. The number of hydrogen-bond acceptors (Lipinski definition) is 4. The average molecular weight is 332 g/mol. The Morgan fingerprint density at radius 1 is 1.08 bits per heavy atom. The molecule has 1 aliphatic rings. The van der Waals surface area contributed by atoms with E-state index in [4.69, 9.17) is 0 Å². The lowest BCUT2D eigenvalue weighted by atomic mass is 10.1. The second-order valence-corrected chi connectivity index (χ2v) is 7.05. The van der Waals surface area contributed by atoms with E-state index < -0.39 is 0 Å². The number of hydrogen-bond donors (Lipinski definition) is 2. The number of likely N-dealkylation sites (N-methyl/N-ethyl adjacent to an activating group) is 1. The summed E-state index contributed by atoms with van der Waals surface area (Å²) in [6.07, 6.45) is 1.55. The van der Waals surface area contributed by atoms with Gasteiger partial charge in [-0.1, -0.05) is 13.8 Å². The van der Waals surface area contributed by atoms with Gasteiger partial charge in [0.15, 0.2) is 0 Å². The van der Waals surface area contributed by atoms with E-state index in [0.29, 0.717) is 18.9 Å². The summed E-state index contributed by atoms with van der Waals surface area (Å²) in [5.41, 5.74) is 2.35. The molecule has 1 aliphatic heterocycles. The molecule has 1 saturated heterocycles. The highest BCUT2D eigenvalue weighted by Crippen LogP contribution is 2.19. The van der Waals surface area contributed by atoms with Crippen molar-refractivity contribution in [3.8, 4) is 0 Å². The van der Waals surface area contributed by atoms with Gasteiger partial charge in [0.1, 0.15) is 0 Å². The molecule has 1 amide bonds. The molecule has 0 radical (unpaired) electrons. The summed E-state index contributed by atoms with van der Waals surface area (Å²) < 4.78 is 0. The van der Waals surface area contributed by atoms with Crippen LogP contribution in [-0.4, -0.2) is 57.1 Å². The normalized spacial score (nSPS) is 15.6. The van der Waals surface area contributed by atoms with Gasteiger partial charge < -0.3 is 20.4 Å². The van der Waals surface area contributed by atoms with Gasteiger partial charge in [-0.3, -0.25) is 4.79 Å². The second-order valence-electron chi connectivity index (χ2n) is 7.05. The highest BCUT2D eigenvalue weighted by atomic mass is 16.1. The van der Waals surface area contributed by atoms with Crippen LogP contribution in [0.5, 0.6) is 0 Å². The molecule has 0 spiro atoms. The summed E-state index contributed by atoms with van der Waals surface area (Å²) in [5, 5.41) is 6.29. The van der Waals surface area contributed by atoms with Crippen molar-refractivity contribution in [2.75, 3.05) is 56.5 Å². The zero-order valence-corrected chi connectivity index (χ0v) is 15.3. The third kappa shape index (κ3) is 6.40. The lowest BCUT2D eigenvalue weighted by molar-refractivity contribution is -0.120. The van der Waals surface area contributed by atoms with Crippen molar-refractivity contribution in [1.82, 2.24) is 10.2 Å². The Balaban J connectivity index is 1.67.